The second-order valence-electron chi connectivity index (χ2n) is 4.00. The number of thioether (sulfide) groups is 1. The lowest BCUT2D eigenvalue weighted by molar-refractivity contribution is 0.0188. The van der Waals surface area contributed by atoms with Crippen LogP contribution in [0.5, 0.6) is 0 Å². The van der Waals surface area contributed by atoms with E-state index in [9.17, 15) is 5.11 Å². The normalized spacial score (nSPS) is 20.4. The van der Waals surface area contributed by atoms with E-state index in [1.807, 2.05) is 11.8 Å². The maximum absolute atomic E-state index is 9.80. The number of hydrogen-bond donors (Lipinski definition) is 1. The first kappa shape index (κ1) is 13.3. The van der Waals surface area contributed by atoms with Gasteiger partial charge in [-0.25, -0.2) is 0 Å². The minimum Gasteiger partial charge on any atom is -0.391 e. The highest BCUT2D eigenvalue weighted by Gasteiger charge is 2.14. The monoisotopic (exact) mass is 233 g/mol. The highest BCUT2D eigenvalue weighted by Crippen LogP contribution is 2.08. The van der Waals surface area contributed by atoms with Crippen molar-refractivity contribution in [2.24, 2.45) is 0 Å². The van der Waals surface area contributed by atoms with Crippen molar-refractivity contribution >= 4 is 11.8 Å². The highest BCUT2D eigenvalue weighted by atomic mass is 32.2. The number of hydrogen-bond acceptors (Lipinski definition) is 4. The van der Waals surface area contributed by atoms with Gasteiger partial charge in [-0.1, -0.05) is 13.3 Å². The SMILES string of the molecule is CCCCSC[C@@H](O)CN1CCOCC1. The van der Waals surface area contributed by atoms with Crippen LogP contribution in [0.4, 0.5) is 0 Å². The molecule has 0 spiro atoms. The summed E-state index contributed by atoms with van der Waals surface area (Å²) in [5.74, 6) is 2.05. The first-order valence-electron chi connectivity index (χ1n) is 5.89. The molecule has 1 rings (SSSR count). The van der Waals surface area contributed by atoms with Crippen molar-refractivity contribution in [1.82, 2.24) is 4.90 Å². The molecular formula is C11H23NO2S. The number of aliphatic hydroxyl groups is 1. The summed E-state index contributed by atoms with van der Waals surface area (Å²) < 4.78 is 5.27. The van der Waals surface area contributed by atoms with Crippen LogP contribution in [-0.2, 0) is 4.74 Å². The van der Waals surface area contributed by atoms with Crippen LogP contribution < -0.4 is 0 Å². The van der Waals surface area contributed by atoms with Crippen LogP contribution in [-0.4, -0.2) is 60.5 Å². The molecule has 1 fully saturated rings. The average molecular weight is 233 g/mol. The fourth-order valence-corrected chi connectivity index (χ4v) is 2.64. The zero-order chi connectivity index (χ0) is 10.9. The van der Waals surface area contributed by atoms with Crippen molar-refractivity contribution in [2.75, 3.05) is 44.4 Å². The Balaban J connectivity index is 1.98. The molecule has 90 valence electrons. The zero-order valence-corrected chi connectivity index (χ0v) is 10.5. The van der Waals surface area contributed by atoms with Crippen LogP contribution >= 0.6 is 11.8 Å². The molecule has 0 aliphatic carbocycles. The summed E-state index contributed by atoms with van der Waals surface area (Å²) >= 11 is 1.87. The highest BCUT2D eigenvalue weighted by molar-refractivity contribution is 7.99. The van der Waals surface area contributed by atoms with Crippen molar-refractivity contribution < 1.29 is 9.84 Å². The predicted octanol–water partition coefficient (Wildman–Crippen LogP) is 1.21. The quantitative estimate of drug-likeness (QED) is 0.670. The van der Waals surface area contributed by atoms with Gasteiger partial charge in [0.2, 0.25) is 0 Å². The molecule has 0 amide bonds. The van der Waals surface area contributed by atoms with Crippen LogP contribution in [0.2, 0.25) is 0 Å². The maximum atomic E-state index is 9.80. The van der Waals surface area contributed by atoms with Gasteiger partial charge < -0.3 is 9.84 Å². The Morgan fingerprint density at radius 1 is 1.40 bits per heavy atom. The molecule has 1 heterocycles. The standard InChI is InChI=1S/C11H23NO2S/c1-2-3-8-15-10-11(13)9-12-4-6-14-7-5-12/h11,13H,2-10H2,1H3/t11-/m0/s1. The molecule has 0 saturated carbocycles. The lowest BCUT2D eigenvalue weighted by Crippen LogP contribution is -2.41. The topological polar surface area (TPSA) is 32.7 Å². The molecule has 1 atom stereocenters. The van der Waals surface area contributed by atoms with Gasteiger partial charge in [0.1, 0.15) is 0 Å². The van der Waals surface area contributed by atoms with Crippen molar-refractivity contribution in [1.29, 1.82) is 0 Å². The number of rotatable bonds is 7. The molecule has 0 radical (unpaired) electrons. The lowest BCUT2D eigenvalue weighted by atomic mass is 10.3. The van der Waals surface area contributed by atoms with Gasteiger partial charge in [-0.3, -0.25) is 4.90 Å². The molecule has 1 aliphatic heterocycles. The van der Waals surface area contributed by atoms with Gasteiger partial charge in [-0.05, 0) is 12.2 Å². The number of ether oxygens (including phenoxy) is 1. The molecule has 0 aromatic rings. The van der Waals surface area contributed by atoms with Gasteiger partial charge in [0, 0.05) is 25.4 Å². The van der Waals surface area contributed by atoms with Gasteiger partial charge in [0.05, 0.1) is 19.3 Å². The first-order valence-corrected chi connectivity index (χ1v) is 7.04. The third-order valence-corrected chi connectivity index (χ3v) is 3.72. The number of morpholine rings is 1. The molecule has 4 heteroatoms. The van der Waals surface area contributed by atoms with Crippen LogP contribution in [0.15, 0.2) is 0 Å². The Morgan fingerprint density at radius 3 is 2.80 bits per heavy atom. The molecule has 0 aromatic carbocycles. The summed E-state index contributed by atoms with van der Waals surface area (Å²) in [5.41, 5.74) is 0. The fourth-order valence-electron chi connectivity index (χ4n) is 1.60. The Hall–Kier alpha value is 0.230. The Bertz CT molecular complexity index is 152. The van der Waals surface area contributed by atoms with Crippen molar-refractivity contribution in [3.8, 4) is 0 Å². The Labute approximate surface area is 97.2 Å². The van der Waals surface area contributed by atoms with E-state index >= 15 is 0 Å². The summed E-state index contributed by atoms with van der Waals surface area (Å²) in [7, 11) is 0. The smallest absolute Gasteiger partial charge is 0.0757 e. The summed E-state index contributed by atoms with van der Waals surface area (Å²) in [6, 6.07) is 0. The summed E-state index contributed by atoms with van der Waals surface area (Å²) in [6.45, 7) is 6.58. The molecule has 3 nitrogen and oxygen atoms in total. The van der Waals surface area contributed by atoms with Gasteiger partial charge in [0.25, 0.3) is 0 Å². The molecule has 1 aliphatic rings. The summed E-state index contributed by atoms with van der Waals surface area (Å²) in [5, 5.41) is 9.80. The summed E-state index contributed by atoms with van der Waals surface area (Å²) in [4.78, 5) is 2.29. The fraction of sp³-hybridized carbons (Fsp3) is 1.00. The number of nitrogens with zero attached hydrogens (tertiary/aromatic N) is 1. The maximum Gasteiger partial charge on any atom is 0.0757 e. The van der Waals surface area contributed by atoms with E-state index in [1.165, 1.54) is 18.6 Å². The average Bonchev–Trinajstić information content (AvgIpc) is 2.26. The largest absolute Gasteiger partial charge is 0.391 e. The predicted molar refractivity (Wildman–Crippen MR) is 65.5 cm³/mol. The van der Waals surface area contributed by atoms with Crippen molar-refractivity contribution in [2.45, 2.75) is 25.9 Å². The molecular weight excluding hydrogens is 210 g/mol. The number of aliphatic hydroxyl groups excluding tert-OH is 1. The van der Waals surface area contributed by atoms with E-state index in [4.69, 9.17) is 4.74 Å². The van der Waals surface area contributed by atoms with E-state index in [0.717, 1.165) is 38.6 Å². The van der Waals surface area contributed by atoms with E-state index in [2.05, 4.69) is 11.8 Å². The second kappa shape index (κ2) is 8.39. The van der Waals surface area contributed by atoms with Gasteiger partial charge in [-0.15, -0.1) is 0 Å². The van der Waals surface area contributed by atoms with E-state index in [-0.39, 0.29) is 6.10 Å². The van der Waals surface area contributed by atoms with E-state index < -0.39 is 0 Å². The second-order valence-corrected chi connectivity index (χ2v) is 5.15. The first-order chi connectivity index (χ1) is 7.33. The molecule has 15 heavy (non-hydrogen) atoms. The minimum absolute atomic E-state index is 0.176. The number of β-amino-alcohol motifs (C(OH)–C–C–N with tert-alkyl or cyclic N) is 1. The Kier molecular flexibility index (Phi) is 7.44. The third-order valence-electron chi connectivity index (χ3n) is 2.53. The molecule has 0 aromatic heterocycles. The lowest BCUT2D eigenvalue weighted by Gasteiger charge is -2.28. The molecule has 1 saturated heterocycles. The van der Waals surface area contributed by atoms with Crippen LogP contribution in [0.1, 0.15) is 19.8 Å². The van der Waals surface area contributed by atoms with Crippen LogP contribution in [0.3, 0.4) is 0 Å². The summed E-state index contributed by atoms with van der Waals surface area (Å²) in [6.07, 6.45) is 2.33. The number of unbranched alkanes of at least 4 members (excludes halogenated alkanes) is 1. The van der Waals surface area contributed by atoms with Gasteiger partial charge in [0.15, 0.2) is 0 Å². The van der Waals surface area contributed by atoms with Crippen LogP contribution in [0, 0.1) is 0 Å². The van der Waals surface area contributed by atoms with Crippen molar-refractivity contribution in [3.63, 3.8) is 0 Å². The van der Waals surface area contributed by atoms with Crippen molar-refractivity contribution in [3.05, 3.63) is 0 Å². The van der Waals surface area contributed by atoms with Gasteiger partial charge >= 0.3 is 0 Å². The molecule has 0 unspecified atom stereocenters. The molecule has 1 N–H and O–H groups in total. The third kappa shape index (κ3) is 6.40. The van der Waals surface area contributed by atoms with Gasteiger partial charge in [-0.2, -0.15) is 11.8 Å². The van der Waals surface area contributed by atoms with E-state index in [1.54, 1.807) is 0 Å². The van der Waals surface area contributed by atoms with Crippen LogP contribution in [0.25, 0.3) is 0 Å². The Morgan fingerprint density at radius 2 is 2.13 bits per heavy atom. The van der Waals surface area contributed by atoms with E-state index in [0.29, 0.717) is 0 Å². The zero-order valence-electron chi connectivity index (χ0n) is 9.65. The minimum atomic E-state index is -0.176. The molecule has 0 bridgehead atoms.